The first-order valence-electron chi connectivity index (χ1n) is 4.92. The zero-order chi connectivity index (χ0) is 13.3. The zero-order valence-electron chi connectivity index (χ0n) is 8.98. The molecule has 2 N–H and O–H groups in total. The van der Waals surface area contributed by atoms with Crippen LogP contribution in [0.1, 0.15) is 22.5 Å². The lowest BCUT2D eigenvalue weighted by Crippen LogP contribution is -2.14. The molecule has 0 unspecified atom stereocenters. The Morgan fingerprint density at radius 3 is 2.67 bits per heavy atom. The molecule has 0 fully saturated rings. The first-order chi connectivity index (χ1) is 8.49. The van der Waals surface area contributed by atoms with Gasteiger partial charge in [-0.1, -0.05) is 22.0 Å². The highest BCUT2D eigenvalue weighted by molar-refractivity contribution is 9.10. The van der Waals surface area contributed by atoms with E-state index < -0.39 is 23.6 Å². The largest absolute Gasteiger partial charge is 0.364 e. The average molecular weight is 316 g/mol. The van der Waals surface area contributed by atoms with E-state index in [4.69, 9.17) is 5.73 Å². The molecular weight excluding hydrogens is 308 g/mol. The molecule has 0 radical (unpaired) electrons. The quantitative estimate of drug-likeness (QED) is 0.946. The van der Waals surface area contributed by atoms with Gasteiger partial charge >= 0.3 is 0 Å². The van der Waals surface area contributed by atoms with Crippen LogP contribution in [0.25, 0.3) is 5.69 Å². The summed E-state index contributed by atoms with van der Waals surface area (Å²) in [6.07, 6.45) is -1.69. The Hall–Kier alpha value is -1.76. The molecule has 94 valence electrons. The molecule has 18 heavy (non-hydrogen) atoms. The minimum absolute atomic E-state index is 0.412. The van der Waals surface area contributed by atoms with Crippen molar-refractivity contribution in [1.82, 2.24) is 9.78 Å². The molecule has 0 aliphatic rings. The van der Waals surface area contributed by atoms with E-state index in [0.717, 1.165) is 10.7 Å². The number of carbonyl (C=O) groups is 1. The predicted octanol–water partition coefficient (Wildman–Crippen LogP) is 2.67. The van der Waals surface area contributed by atoms with Crippen molar-refractivity contribution in [3.8, 4) is 5.69 Å². The summed E-state index contributed by atoms with van der Waals surface area (Å²) in [6.45, 7) is 0. The van der Waals surface area contributed by atoms with Crippen molar-refractivity contribution in [3.05, 3.63) is 46.2 Å². The number of aromatic nitrogens is 2. The lowest BCUT2D eigenvalue weighted by molar-refractivity contribution is 0.0981. The summed E-state index contributed by atoms with van der Waals surface area (Å²) in [5.41, 5.74) is 4.69. The van der Waals surface area contributed by atoms with E-state index in [1.807, 2.05) is 0 Å². The van der Waals surface area contributed by atoms with Crippen LogP contribution < -0.4 is 5.73 Å². The number of nitrogens with two attached hydrogens (primary N) is 1. The Morgan fingerprint density at radius 2 is 2.17 bits per heavy atom. The number of carbonyl (C=O) groups excluding carboxylic acids is 1. The van der Waals surface area contributed by atoms with Gasteiger partial charge in [-0.3, -0.25) is 4.79 Å². The molecule has 2 aromatic rings. The van der Waals surface area contributed by atoms with E-state index in [1.165, 1.54) is 4.68 Å². The Labute approximate surface area is 110 Å². The summed E-state index contributed by atoms with van der Waals surface area (Å²) in [4.78, 5) is 11.0. The van der Waals surface area contributed by atoms with Crippen molar-refractivity contribution >= 4 is 21.8 Å². The van der Waals surface area contributed by atoms with Crippen molar-refractivity contribution in [2.45, 2.75) is 6.43 Å². The molecule has 0 saturated carbocycles. The smallest absolute Gasteiger partial charge is 0.269 e. The summed E-state index contributed by atoms with van der Waals surface area (Å²) < 4.78 is 27.4. The third-order valence-corrected chi connectivity index (χ3v) is 2.78. The number of alkyl halides is 2. The molecule has 1 amide bonds. The van der Waals surface area contributed by atoms with Gasteiger partial charge in [-0.2, -0.15) is 5.10 Å². The fourth-order valence-corrected chi connectivity index (χ4v) is 1.88. The summed E-state index contributed by atoms with van der Waals surface area (Å²) in [7, 11) is 0. The second-order valence-electron chi connectivity index (χ2n) is 3.52. The van der Waals surface area contributed by atoms with Gasteiger partial charge in [-0.15, -0.1) is 0 Å². The molecule has 0 atom stereocenters. The molecule has 7 heteroatoms. The summed E-state index contributed by atoms with van der Waals surface area (Å²) >= 11 is 3.26. The van der Waals surface area contributed by atoms with E-state index >= 15 is 0 Å². The first kappa shape index (κ1) is 12.7. The number of hydrogen-bond acceptors (Lipinski definition) is 2. The molecule has 0 aliphatic carbocycles. The van der Waals surface area contributed by atoms with Gasteiger partial charge < -0.3 is 5.73 Å². The van der Waals surface area contributed by atoms with Crippen LogP contribution in [0.3, 0.4) is 0 Å². The van der Waals surface area contributed by atoms with Gasteiger partial charge in [0.1, 0.15) is 0 Å². The zero-order valence-corrected chi connectivity index (χ0v) is 10.6. The van der Waals surface area contributed by atoms with Crippen molar-refractivity contribution in [3.63, 3.8) is 0 Å². The van der Waals surface area contributed by atoms with E-state index in [9.17, 15) is 13.6 Å². The normalized spacial score (nSPS) is 10.9. The van der Waals surface area contributed by atoms with E-state index in [-0.39, 0.29) is 0 Å². The number of hydrogen-bond donors (Lipinski definition) is 1. The van der Waals surface area contributed by atoms with E-state index in [0.29, 0.717) is 5.69 Å². The number of halogens is 3. The Morgan fingerprint density at radius 1 is 1.44 bits per heavy atom. The molecule has 0 bridgehead atoms. The van der Waals surface area contributed by atoms with E-state index in [2.05, 4.69) is 21.0 Å². The monoisotopic (exact) mass is 315 g/mol. The molecule has 2 rings (SSSR count). The lowest BCUT2D eigenvalue weighted by Gasteiger charge is -2.00. The van der Waals surface area contributed by atoms with Crippen LogP contribution in [0.2, 0.25) is 0 Å². The van der Waals surface area contributed by atoms with Gasteiger partial charge in [-0.25, -0.2) is 13.5 Å². The van der Waals surface area contributed by atoms with Crippen LogP contribution >= 0.6 is 15.9 Å². The number of nitrogens with zero attached hydrogens (tertiary/aromatic N) is 2. The Balaban J connectivity index is 2.53. The number of amides is 1. The highest BCUT2D eigenvalue weighted by atomic mass is 79.9. The van der Waals surface area contributed by atoms with Gasteiger partial charge in [0.05, 0.1) is 11.3 Å². The maximum Gasteiger partial charge on any atom is 0.269 e. The van der Waals surface area contributed by atoms with Gasteiger partial charge in [0.2, 0.25) is 0 Å². The van der Waals surface area contributed by atoms with Crippen molar-refractivity contribution in [2.24, 2.45) is 5.73 Å². The van der Waals surface area contributed by atoms with Crippen LogP contribution in [0, 0.1) is 0 Å². The maximum atomic E-state index is 12.7. The maximum absolute atomic E-state index is 12.7. The molecule has 0 aliphatic heterocycles. The number of rotatable bonds is 3. The minimum atomic E-state index is -2.80. The third kappa shape index (κ3) is 2.40. The van der Waals surface area contributed by atoms with Crippen molar-refractivity contribution < 1.29 is 13.6 Å². The highest BCUT2D eigenvalue weighted by Crippen LogP contribution is 2.24. The molecule has 0 saturated heterocycles. The predicted molar refractivity (Wildman–Crippen MR) is 64.7 cm³/mol. The van der Waals surface area contributed by atoms with Crippen LogP contribution in [-0.4, -0.2) is 15.7 Å². The second kappa shape index (κ2) is 4.85. The van der Waals surface area contributed by atoms with Gasteiger partial charge in [0.25, 0.3) is 12.3 Å². The second-order valence-corrected chi connectivity index (χ2v) is 4.44. The molecule has 1 aromatic heterocycles. The molecular formula is C11H8BrF2N3O. The van der Waals surface area contributed by atoms with Gasteiger partial charge in [0, 0.05) is 10.7 Å². The molecule has 4 nitrogen and oxygen atoms in total. The van der Waals surface area contributed by atoms with Crippen molar-refractivity contribution in [2.75, 3.05) is 0 Å². The Kier molecular flexibility index (Phi) is 3.42. The van der Waals surface area contributed by atoms with Gasteiger partial charge in [0.15, 0.2) is 5.69 Å². The lowest BCUT2D eigenvalue weighted by atomic mass is 10.2. The summed E-state index contributed by atoms with van der Waals surface area (Å²) in [5, 5.41) is 3.78. The minimum Gasteiger partial charge on any atom is -0.364 e. The topological polar surface area (TPSA) is 60.9 Å². The van der Waals surface area contributed by atoms with Crippen LogP contribution in [0.5, 0.6) is 0 Å². The van der Waals surface area contributed by atoms with Crippen LogP contribution in [0.15, 0.2) is 34.9 Å². The molecule has 1 heterocycles. The molecule has 0 spiro atoms. The van der Waals surface area contributed by atoms with Crippen molar-refractivity contribution in [1.29, 1.82) is 0 Å². The summed E-state index contributed by atoms with van der Waals surface area (Å²) in [5.74, 6) is -0.973. The average Bonchev–Trinajstić information content (AvgIpc) is 2.73. The standard InChI is InChI=1S/C11H8BrF2N3O/c12-6-2-1-3-7(4-6)17-5-8(10(13)14)9(16-17)11(15)18/h1-5,10H,(H2,15,18). The first-order valence-corrected chi connectivity index (χ1v) is 5.72. The summed E-state index contributed by atoms with van der Waals surface area (Å²) in [6, 6.07) is 6.88. The number of primary amides is 1. The third-order valence-electron chi connectivity index (χ3n) is 2.28. The fraction of sp³-hybridized carbons (Fsp3) is 0.0909. The van der Waals surface area contributed by atoms with Crippen LogP contribution in [0.4, 0.5) is 8.78 Å². The highest BCUT2D eigenvalue weighted by Gasteiger charge is 2.21. The van der Waals surface area contributed by atoms with E-state index in [1.54, 1.807) is 24.3 Å². The molecule has 1 aromatic carbocycles. The SMILES string of the molecule is NC(=O)c1nn(-c2cccc(Br)c2)cc1C(F)F. The van der Waals surface area contributed by atoms with Crippen LogP contribution in [-0.2, 0) is 0 Å². The number of benzene rings is 1. The Bertz CT molecular complexity index is 598. The fourth-order valence-electron chi connectivity index (χ4n) is 1.49. The van der Waals surface area contributed by atoms with Gasteiger partial charge in [-0.05, 0) is 18.2 Å².